The van der Waals surface area contributed by atoms with Gasteiger partial charge in [-0.2, -0.15) is 0 Å². The fourth-order valence-corrected chi connectivity index (χ4v) is 1.63. The lowest BCUT2D eigenvalue weighted by Crippen LogP contribution is -2.41. The summed E-state index contributed by atoms with van der Waals surface area (Å²) in [5.74, 6) is -0.676. The predicted octanol–water partition coefficient (Wildman–Crippen LogP) is 2.36. The molecule has 0 aromatic rings. The molecule has 0 aliphatic rings. The predicted molar refractivity (Wildman–Crippen MR) is 58.5 cm³/mol. The lowest BCUT2D eigenvalue weighted by molar-refractivity contribution is -0.143. The second-order valence-electron chi connectivity index (χ2n) is 3.62. The van der Waals surface area contributed by atoms with Gasteiger partial charge in [0.25, 0.3) is 0 Å². The average molecular weight is 201 g/mol. The van der Waals surface area contributed by atoms with Crippen molar-refractivity contribution < 1.29 is 9.90 Å². The number of unbranched alkanes of at least 4 members (excludes halogenated alkanes) is 1. The molecule has 0 heterocycles. The molecule has 1 unspecified atom stereocenters. The van der Waals surface area contributed by atoms with Gasteiger partial charge in [0.2, 0.25) is 0 Å². The molecule has 0 aliphatic heterocycles. The molecule has 1 N–H and O–H groups in total. The third-order valence-electron chi connectivity index (χ3n) is 2.49. The number of hydrogen-bond acceptors (Lipinski definition) is 2. The average Bonchev–Trinajstić information content (AvgIpc) is 2.17. The maximum atomic E-state index is 11.0. The summed E-state index contributed by atoms with van der Waals surface area (Å²) in [6.45, 7) is 7.93. The van der Waals surface area contributed by atoms with E-state index in [4.69, 9.17) is 5.11 Å². The van der Waals surface area contributed by atoms with Crippen molar-refractivity contribution in [1.82, 2.24) is 4.90 Å². The van der Waals surface area contributed by atoms with E-state index in [2.05, 4.69) is 11.8 Å². The third kappa shape index (κ3) is 4.61. The van der Waals surface area contributed by atoms with Crippen molar-refractivity contribution in [3.8, 4) is 0 Å². The molecule has 3 nitrogen and oxygen atoms in total. The van der Waals surface area contributed by atoms with E-state index in [1.807, 2.05) is 13.8 Å². The van der Waals surface area contributed by atoms with Crippen molar-refractivity contribution in [2.45, 2.75) is 52.5 Å². The van der Waals surface area contributed by atoms with E-state index in [1.165, 1.54) is 0 Å². The van der Waals surface area contributed by atoms with Gasteiger partial charge in [0.05, 0.1) is 0 Å². The number of rotatable bonds is 8. The molecule has 0 aromatic carbocycles. The first-order valence-corrected chi connectivity index (χ1v) is 5.64. The van der Waals surface area contributed by atoms with Crippen LogP contribution in [0.1, 0.15) is 46.5 Å². The van der Waals surface area contributed by atoms with Crippen molar-refractivity contribution >= 4 is 5.97 Å². The molecular weight excluding hydrogens is 178 g/mol. The van der Waals surface area contributed by atoms with E-state index >= 15 is 0 Å². The second-order valence-corrected chi connectivity index (χ2v) is 3.62. The Bertz CT molecular complexity index is 159. The summed E-state index contributed by atoms with van der Waals surface area (Å²) in [6, 6.07) is -0.281. The van der Waals surface area contributed by atoms with Gasteiger partial charge >= 0.3 is 5.97 Å². The van der Waals surface area contributed by atoms with E-state index < -0.39 is 5.97 Å². The summed E-state index contributed by atoms with van der Waals surface area (Å²) in [6.07, 6.45) is 3.89. The molecule has 0 aromatic heterocycles. The molecular formula is C11H23NO2. The highest BCUT2D eigenvalue weighted by atomic mass is 16.4. The van der Waals surface area contributed by atoms with Crippen LogP contribution in [0.15, 0.2) is 0 Å². The van der Waals surface area contributed by atoms with Crippen LogP contribution >= 0.6 is 0 Å². The molecule has 84 valence electrons. The van der Waals surface area contributed by atoms with E-state index in [9.17, 15) is 4.79 Å². The zero-order valence-electron chi connectivity index (χ0n) is 9.62. The van der Waals surface area contributed by atoms with Gasteiger partial charge in [-0.25, -0.2) is 0 Å². The molecule has 3 heteroatoms. The molecule has 0 rings (SSSR count). The number of nitrogens with zero attached hydrogens (tertiary/aromatic N) is 1. The Morgan fingerprint density at radius 1 is 1.29 bits per heavy atom. The minimum absolute atomic E-state index is 0.281. The SMILES string of the molecule is CCCCN(CC)C(CCC)C(=O)O. The fourth-order valence-electron chi connectivity index (χ4n) is 1.63. The Kier molecular flexibility index (Phi) is 7.48. The monoisotopic (exact) mass is 201 g/mol. The number of carbonyl (C=O) groups is 1. The quantitative estimate of drug-likeness (QED) is 0.655. The number of likely N-dealkylation sites (N-methyl/N-ethyl adjacent to an activating group) is 1. The van der Waals surface area contributed by atoms with E-state index in [0.717, 1.165) is 38.8 Å². The van der Waals surface area contributed by atoms with Crippen LogP contribution in [0.25, 0.3) is 0 Å². The van der Waals surface area contributed by atoms with Crippen LogP contribution in [0.2, 0.25) is 0 Å². The van der Waals surface area contributed by atoms with Crippen molar-refractivity contribution in [2.75, 3.05) is 13.1 Å². The first-order valence-electron chi connectivity index (χ1n) is 5.64. The van der Waals surface area contributed by atoms with Gasteiger partial charge in [0.1, 0.15) is 6.04 Å². The second kappa shape index (κ2) is 7.80. The number of carboxylic acid groups (broad SMARTS) is 1. The van der Waals surface area contributed by atoms with Gasteiger partial charge in [-0.3, -0.25) is 9.69 Å². The highest BCUT2D eigenvalue weighted by molar-refractivity contribution is 5.73. The number of aliphatic carboxylic acids is 1. The lowest BCUT2D eigenvalue weighted by Gasteiger charge is -2.27. The van der Waals surface area contributed by atoms with E-state index in [0.29, 0.717) is 0 Å². The highest BCUT2D eigenvalue weighted by Gasteiger charge is 2.22. The van der Waals surface area contributed by atoms with Crippen molar-refractivity contribution in [2.24, 2.45) is 0 Å². The maximum Gasteiger partial charge on any atom is 0.320 e. The van der Waals surface area contributed by atoms with Crippen LogP contribution in [-0.2, 0) is 4.79 Å². The van der Waals surface area contributed by atoms with Crippen LogP contribution in [0, 0.1) is 0 Å². The third-order valence-corrected chi connectivity index (χ3v) is 2.49. The van der Waals surface area contributed by atoms with Gasteiger partial charge in [-0.15, -0.1) is 0 Å². The topological polar surface area (TPSA) is 40.5 Å². The Balaban J connectivity index is 4.18. The largest absolute Gasteiger partial charge is 0.480 e. The Morgan fingerprint density at radius 3 is 2.29 bits per heavy atom. The molecule has 1 atom stereocenters. The molecule has 14 heavy (non-hydrogen) atoms. The first kappa shape index (κ1) is 13.4. The van der Waals surface area contributed by atoms with Crippen molar-refractivity contribution in [3.05, 3.63) is 0 Å². The van der Waals surface area contributed by atoms with E-state index in [1.54, 1.807) is 0 Å². The Labute approximate surface area is 87.1 Å². The molecule has 0 spiro atoms. The summed E-state index contributed by atoms with van der Waals surface area (Å²) in [4.78, 5) is 13.1. The minimum Gasteiger partial charge on any atom is -0.480 e. The summed E-state index contributed by atoms with van der Waals surface area (Å²) >= 11 is 0. The zero-order chi connectivity index (χ0) is 11.0. The first-order chi connectivity index (χ1) is 6.67. The molecule has 0 aliphatic carbocycles. The number of carboxylic acids is 1. The van der Waals surface area contributed by atoms with Gasteiger partial charge < -0.3 is 5.11 Å². The molecule has 0 amide bonds. The zero-order valence-corrected chi connectivity index (χ0v) is 9.62. The van der Waals surface area contributed by atoms with Crippen molar-refractivity contribution in [3.63, 3.8) is 0 Å². The van der Waals surface area contributed by atoms with Gasteiger partial charge in [0.15, 0.2) is 0 Å². The Morgan fingerprint density at radius 2 is 1.93 bits per heavy atom. The molecule has 0 bridgehead atoms. The molecule has 0 fully saturated rings. The van der Waals surface area contributed by atoms with Gasteiger partial charge in [-0.05, 0) is 25.9 Å². The smallest absolute Gasteiger partial charge is 0.320 e. The van der Waals surface area contributed by atoms with Crippen LogP contribution in [0.3, 0.4) is 0 Å². The van der Waals surface area contributed by atoms with Crippen molar-refractivity contribution in [1.29, 1.82) is 0 Å². The number of hydrogen-bond donors (Lipinski definition) is 1. The van der Waals surface area contributed by atoms with Crippen LogP contribution in [-0.4, -0.2) is 35.1 Å². The summed E-state index contributed by atoms with van der Waals surface area (Å²) < 4.78 is 0. The standard InChI is InChI=1S/C11H23NO2/c1-4-7-9-12(6-3)10(8-5-2)11(13)14/h10H,4-9H2,1-3H3,(H,13,14). The fraction of sp³-hybridized carbons (Fsp3) is 0.909. The molecule has 0 saturated heterocycles. The van der Waals surface area contributed by atoms with Crippen LogP contribution in [0.5, 0.6) is 0 Å². The molecule has 0 saturated carbocycles. The van der Waals surface area contributed by atoms with Crippen LogP contribution in [0.4, 0.5) is 0 Å². The Hall–Kier alpha value is -0.570. The van der Waals surface area contributed by atoms with Gasteiger partial charge in [-0.1, -0.05) is 33.6 Å². The lowest BCUT2D eigenvalue weighted by atomic mass is 10.1. The summed E-state index contributed by atoms with van der Waals surface area (Å²) in [5, 5.41) is 9.06. The van der Waals surface area contributed by atoms with Crippen LogP contribution < -0.4 is 0 Å². The normalized spacial score (nSPS) is 13.1. The molecule has 0 radical (unpaired) electrons. The summed E-state index contributed by atoms with van der Waals surface area (Å²) in [7, 11) is 0. The maximum absolute atomic E-state index is 11.0. The van der Waals surface area contributed by atoms with E-state index in [-0.39, 0.29) is 6.04 Å². The van der Waals surface area contributed by atoms with Gasteiger partial charge in [0, 0.05) is 0 Å². The minimum atomic E-state index is -0.676. The highest BCUT2D eigenvalue weighted by Crippen LogP contribution is 2.08. The summed E-state index contributed by atoms with van der Waals surface area (Å²) in [5.41, 5.74) is 0.